The van der Waals surface area contributed by atoms with E-state index in [1.165, 1.54) is 6.07 Å². The van der Waals surface area contributed by atoms with E-state index in [1.54, 1.807) is 24.7 Å². The Kier molecular flexibility index (Phi) is 5.49. The highest BCUT2D eigenvalue weighted by molar-refractivity contribution is 7.14. The quantitative estimate of drug-likeness (QED) is 0.255. The first-order valence-electron chi connectivity index (χ1n) is 11.4. The molecule has 0 unspecified atom stereocenters. The lowest BCUT2D eigenvalue weighted by atomic mass is 10.1. The number of H-pyrrole nitrogens is 2. The summed E-state index contributed by atoms with van der Waals surface area (Å²) in [7, 11) is 0. The summed E-state index contributed by atoms with van der Waals surface area (Å²) >= 11 is 1.10. The minimum atomic E-state index is -0.232. The molecule has 0 aliphatic rings. The van der Waals surface area contributed by atoms with Gasteiger partial charge in [-0.1, -0.05) is 6.92 Å². The molecule has 36 heavy (non-hydrogen) atoms. The van der Waals surface area contributed by atoms with Crippen LogP contribution in [0.4, 0.5) is 10.1 Å². The van der Waals surface area contributed by atoms with Crippen molar-refractivity contribution in [3.8, 4) is 33.1 Å². The largest absolute Gasteiger partial charge is 0.338 e. The van der Waals surface area contributed by atoms with Crippen LogP contribution in [0, 0.1) is 5.13 Å². The molecule has 0 aliphatic heterocycles. The molecule has 6 heterocycles. The van der Waals surface area contributed by atoms with E-state index in [-0.39, 0.29) is 11.0 Å². The number of aromatic amines is 2. The Balaban J connectivity index is 1.40. The van der Waals surface area contributed by atoms with E-state index in [0.717, 1.165) is 50.4 Å². The summed E-state index contributed by atoms with van der Waals surface area (Å²) in [6, 6.07) is 12.7. The number of nitrogens with one attached hydrogen (secondary N) is 3. The molecule has 0 radical (unpaired) electrons. The van der Waals surface area contributed by atoms with Crippen LogP contribution in [-0.2, 0) is 4.79 Å². The summed E-state index contributed by atoms with van der Waals surface area (Å²) in [5.41, 5.74) is 6.54. The Bertz CT molecular complexity index is 1740. The van der Waals surface area contributed by atoms with Crippen molar-refractivity contribution in [2.24, 2.45) is 0 Å². The second-order valence-electron chi connectivity index (χ2n) is 8.33. The van der Waals surface area contributed by atoms with Gasteiger partial charge in [-0.3, -0.25) is 14.9 Å². The number of hydrogen-bond acceptors (Lipinski definition) is 6. The van der Waals surface area contributed by atoms with Crippen molar-refractivity contribution in [1.29, 1.82) is 0 Å². The summed E-state index contributed by atoms with van der Waals surface area (Å²) in [6.07, 6.45) is 6.26. The minimum Gasteiger partial charge on any atom is -0.338 e. The van der Waals surface area contributed by atoms with Crippen molar-refractivity contribution in [3.63, 3.8) is 0 Å². The van der Waals surface area contributed by atoms with Crippen LogP contribution in [0.2, 0.25) is 0 Å². The highest BCUT2D eigenvalue weighted by atomic mass is 32.1. The molecule has 0 fully saturated rings. The lowest BCUT2D eigenvalue weighted by Gasteiger charge is -2.06. The molecule has 0 bridgehead atoms. The molecule has 6 aromatic heterocycles. The Hall–Kier alpha value is -4.44. The third kappa shape index (κ3) is 4.01. The second kappa shape index (κ2) is 8.97. The summed E-state index contributed by atoms with van der Waals surface area (Å²) in [4.78, 5) is 29.7. The number of anilines is 1. The van der Waals surface area contributed by atoms with E-state index in [9.17, 15) is 9.18 Å². The molecular formula is C26H20FN7OS. The van der Waals surface area contributed by atoms with Crippen LogP contribution in [-0.4, -0.2) is 36.0 Å². The number of carbonyl (C=O) groups excluding carboxylic acids is 1. The summed E-state index contributed by atoms with van der Waals surface area (Å²) < 4.78 is 13.7. The number of aromatic nitrogens is 6. The van der Waals surface area contributed by atoms with Crippen LogP contribution in [0.15, 0.2) is 61.1 Å². The Morgan fingerprint density at radius 3 is 2.89 bits per heavy atom. The number of halogens is 1. The maximum atomic E-state index is 13.7. The molecule has 8 nitrogen and oxygen atoms in total. The van der Waals surface area contributed by atoms with Gasteiger partial charge in [0.15, 0.2) is 5.13 Å². The fourth-order valence-electron chi connectivity index (χ4n) is 4.17. The first kappa shape index (κ1) is 22.1. The van der Waals surface area contributed by atoms with Gasteiger partial charge in [0.05, 0.1) is 28.8 Å². The molecule has 0 atom stereocenters. The number of thiophene rings is 1. The average molecular weight is 498 g/mol. The van der Waals surface area contributed by atoms with Crippen molar-refractivity contribution in [2.45, 2.75) is 19.8 Å². The lowest BCUT2D eigenvalue weighted by molar-refractivity contribution is -0.116. The van der Waals surface area contributed by atoms with Gasteiger partial charge in [0.2, 0.25) is 5.91 Å². The normalized spacial score (nSPS) is 11.4. The SMILES string of the molecule is CCCC(=O)Nc1cncc(-c2ccc3[nH]nc(-c4cc5c(-c6ccc(F)s6)ccnc5[nH]4)c3n2)c1. The summed E-state index contributed by atoms with van der Waals surface area (Å²) in [5.74, 6) is -0.0472. The van der Waals surface area contributed by atoms with Crippen LogP contribution in [0.3, 0.4) is 0 Å². The molecule has 0 aliphatic carbocycles. The Morgan fingerprint density at radius 2 is 2.06 bits per heavy atom. The molecule has 178 valence electrons. The highest BCUT2D eigenvalue weighted by Gasteiger charge is 2.17. The molecule has 10 heteroatoms. The number of pyridine rings is 3. The van der Waals surface area contributed by atoms with Gasteiger partial charge in [-0.25, -0.2) is 9.97 Å². The van der Waals surface area contributed by atoms with Gasteiger partial charge in [-0.2, -0.15) is 9.49 Å². The van der Waals surface area contributed by atoms with Crippen molar-refractivity contribution < 1.29 is 9.18 Å². The molecule has 0 saturated heterocycles. The van der Waals surface area contributed by atoms with E-state index in [0.29, 0.717) is 34.7 Å². The number of fused-ring (bicyclic) bond motifs is 2. The van der Waals surface area contributed by atoms with E-state index in [4.69, 9.17) is 4.98 Å². The fourth-order valence-corrected chi connectivity index (χ4v) is 4.95. The van der Waals surface area contributed by atoms with Crippen LogP contribution < -0.4 is 5.32 Å². The molecule has 1 amide bonds. The average Bonchev–Trinajstić information content (AvgIpc) is 3.61. The second-order valence-corrected chi connectivity index (χ2v) is 9.37. The van der Waals surface area contributed by atoms with E-state index < -0.39 is 0 Å². The minimum absolute atomic E-state index is 0.0472. The molecular weight excluding hydrogens is 477 g/mol. The van der Waals surface area contributed by atoms with Gasteiger partial charge in [0, 0.05) is 40.2 Å². The lowest BCUT2D eigenvalue weighted by Crippen LogP contribution is -2.10. The topological polar surface area (TPSA) is 112 Å². The number of rotatable bonds is 6. The van der Waals surface area contributed by atoms with Crippen LogP contribution in [0.5, 0.6) is 0 Å². The number of hydrogen-bond donors (Lipinski definition) is 3. The molecule has 0 aromatic carbocycles. The number of nitrogens with zero attached hydrogens (tertiary/aromatic N) is 4. The van der Waals surface area contributed by atoms with Crippen molar-refractivity contribution in [1.82, 2.24) is 30.1 Å². The first-order chi connectivity index (χ1) is 17.6. The van der Waals surface area contributed by atoms with Gasteiger partial charge >= 0.3 is 0 Å². The molecule has 3 N–H and O–H groups in total. The Morgan fingerprint density at radius 1 is 1.14 bits per heavy atom. The van der Waals surface area contributed by atoms with E-state index >= 15 is 0 Å². The maximum absolute atomic E-state index is 13.7. The van der Waals surface area contributed by atoms with E-state index in [1.807, 2.05) is 37.3 Å². The zero-order valence-electron chi connectivity index (χ0n) is 19.2. The third-order valence-corrected chi connectivity index (χ3v) is 6.74. The third-order valence-electron chi connectivity index (χ3n) is 5.83. The zero-order valence-corrected chi connectivity index (χ0v) is 20.0. The van der Waals surface area contributed by atoms with Crippen LogP contribution >= 0.6 is 11.3 Å². The number of amides is 1. The smallest absolute Gasteiger partial charge is 0.224 e. The van der Waals surface area contributed by atoms with Crippen LogP contribution in [0.1, 0.15) is 19.8 Å². The van der Waals surface area contributed by atoms with Gasteiger partial charge < -0.3 is 10.3 Å². The summed E-state index contributed by atoms with van der Waals surface area (Å²) in [6.45, 7) is 1.96. The first-order valence-corrected chi connectivity index (χ1v) is 12.2. The monoisotopic (exact) mass is 497 g/mol. The predicted octanol–water partition coefficient (Wildman–Crippen LogP) is 6.17. The van der Waals surface area contributed by atoms with Gasteiger partial charge in [-0.05, 0) is 48.9 Å². The molecule has 0 spiro atoms. The van der Waals surface area contributed by atoms with Crippen molar-refractivity contribution >= 4 is 45.0 Å². The fraction of sp³-hybridized carbons (Fsp3) is 0.115. The van der Waals surface area contributed by atoms with Crippen molar-refractivity contribution in [2.75, 3.05) is 5.32 Å². The maximum Gasteiger partial charge on any atom is 0.224 e. The Labute approximate surface area is 208 Å². The molecule has 0 saturated carbocycles. The standard InChI is InChI=1S/C26H20FN7OS/c1-2-3-23(35)30-15-10-14(12-28-13-15)18-4-5-19-24(31-18)25(34-33-19)20-11-17-16(8-9-29-26(17)32-20)21-6-7-22(27)36-21/h4-13H,2-3H2,1H3,(H,29,32)(H,30,35)(H,33,34). The molecule has 6 rings (SSSR count). The highest BCUT2D eigenvalue weighted by Crippen LogP contribution is 2.35. The predicted molar refractivity (Wildman–Crippen MR) is 139 cm³/mol. The van der Waals surface area contributed by atoms with E-state index in [2.05, 4.69) is 30.5 Å². The van der Waals surface area contributed by atoms with Crippen molar-refractivity contribution in [3.05, 3.63) is 66.2 Å². The number of carbonyl (C=O) groups is 1. The van der Waals surface area contributed by atoms with Gasteiger partial charge in [-0.15, -0.1) is 11.3 Å². The van der Waals surface area contributed by atoms with Gasteiger partial charge in [0.25, 0.3) is 0 Å². The zero-order chi connectivity index (χ0) is 24.6. The van der Waals surface area contributed by atoms with Crippen LogP contribution in [0.25, 0.3) is 55.2 Å². The van der Waals surface area contributed by atoms with Gasteiger partial charge in [0.1, 0.15) is 16.9 Å². The molecule has 6 aromatic rings. The summed E-state index contributed by atoms with van der Waals surface area (Å²) in [5, 5.41) is 11.1.